The Balaban J connectivity index is 2.49. The van der Waals surface area contributed by atoms with Crippen LogP contribution >= 0.6 is 0 Å². The molecule has 19 heavy (non-hydrogen) atoms. The Morgan fingerprint density at radius 2 is 1.84 bits per heavy atom. The Kier molecular flexibility index (Phi) is 3.28. The van der Waals surface area contributed by atoms with Gasteiger partial charge in [-0.15, -0.1) is 0 Å². The number of methoxy groups -OCH3 is 1. The first-order chi connectivity index (χ1) is 8.90. The van der Waals surface area contributed by atoms with Gasteiger partial charge in [0.2, 0.25) is 11.7 Å². The smallest absolute Gasteiger partial charge is 0.449 e. The molecule has 100 valence electrons. The number of ether oxygens (including phenoxy) is 1. The first-order valence-corrected chi connectivity index (χ1v) is 5.14. The van der Waals surface area contributed by atoms with Crippen LogP contribution in [0.4, 0.5) is 13.2 Å². The summed E-state index contributed by atoms with van der Waals surface area (Å²) < 4.78 is 47.0. The van der Waals surface area contributed by atoms with Crippen molar-refractivity contribution in [2.24, 2.45) is 0 Å². The van der Waals surface area contributed by atoms with Crippen molar-refractivity contribution in [3.8, 4) is 17.2 Å². The summed E-state index contributed by atoms with van der Waals surface area (Å²) in [4.78, 5) is 14.6. The quantitative estimate of drug-likeness (QED) is 0.842. The fourth-order valence-corrected chi connectivity index (χ4v) is 1.40. The first-order valence-electron chi connectivity index (χ1n) is 5.14. The second-order valence-corrected chi connectivity index (χ2v) is 3.59. The lowest BCUT2D eigenvalue weighted by Gasteiger charge is -2.07. The number of halogens is 3. The molecule has 2 rings (SSSR count). The van der Waals surface area contributed by atoms with Crippen LogP contribution in [0.3, 0.4) is 0 Å². The van der Waals surface area contributed by atoms with Crippen molar-refractivity contribution < 1.29 is 22.3 Å². The van der Waals surface area contributed by atoms with E-state index in [1.54, 1.807) is 0 Å². The van der Waals surface area contributed by atoms with Crippen LogP contribution in [0.25, 0.3) is 11.5 Å². The van der Waals surface area contributed by atoms with Crippen LogP contribution < -0.4 is 10.3 Å². The maximum absolute atomic E-state index is 12.5. The van der Waals surface area contributed by atoms with Crippen LogP contribution in [-0.2, 0) is 6.18 Å². The van der Waals surface area contributed by atoms with E-state index in [2.05, 4.69) is 9.40 Å². The molecule has 7 heteroatoms. The third-order valence-corrected chi connectivity index (χ3v) is 2.29. The van der Waals surface area contributed by atoms with Crippen molar-refractivity contribution >= 4 is 0 Å². The minimum atomic E-state index is -4.73. The van der Waals surface area contributed by atoms with Gasteiger partial charge in [-0.2, -0.15) is 18.2 Å². The maximum Gasteiger partial charge on any atom is 0.449 e. The van der Waals surface area contributed by atoms with Crippen LogP contribution in [0, 0.1) is 0 Å². The average molecular weight is 271 g/mol. The van der Waals surface area contributed by atoms with Gasteiger partial charge in [0, 0.05) is 5.56 Å². The zero-order valence-electron chi connectivity index (χ0n) is 9.69. The van der Waals surface area contributed by atoms with Gasteiger partial charge in [0.15, 0.2) is 0 Å². The Labute approximate surface area is 105 Å². The summed E-state index contributed by atoms with van der Waals surface area (Å²) in [5.74, 6) is -1.24. The van der Waals surface area contributed by atoms with Crippen molar-refractivity contribution in [2.75, 3.05) is 7.11 Å². The van der Waals surface area contributed by atoms with E-state index < -0.39 is 17.5 Å². The highest BCUT2D eigenvalue weighted by atomic mass is 19.4. The molecule has 0 radical (unpaired) electrons. The lowest BCUT2D eigenvalue weighted by atomic mass is 10.2. The fourth-order valence-electron chi connectivity index (χ4n) is 1.40. The van der Waals surface area contributed by atoms with Crippen molar-refractivity contribution in [3.63, 3.8) is 0 Å². The fraction of sp³-hybridized carbons (Fsp3) is 0.167. The van der Waals surface area contributed by atoms with Crippen LogP contribution in [0.5, 0.6) is 5.75 Å². The Hall–Kier alpha value is -2.31. The number of aromatic nitrogens is 1. The van der Waals surface area contributed by atoms with E-state index in [0.717, 1.165) is 0 Å². The van der Waals surface area contributed by atoms with Crippen LogP contribution in [0.2, 0.25) is 0 Å². The van der Waals surface area contributed by atoms with Gasteiger partial charge in [-0.1, -0.05) is 0 Å². The molecule has 0 saturated heterocycles. The molecular formula is C12H8F3NO3. The third-order valence-electron chi connectivity index (χ3n) is 2.29. The van der Waals surface area contributed by atoms with E-state index in [9.17, 15) is 18.0 Å². The number of alkyl halides is 3. The van der Waals surface area contributed by atoms with Gasteiger partial charge in [0.25, 0.3) is 5.56 Å². The molecule has 0 spiro atoms. The second kappa shape index (κ2) is 4.75. The first kappa shape index (κ1) is 13.1. The molecule has 1 heterocycles. The summed E-state index contributed by atoms with van der Waals surface area (Å²) in [5, 5.41) is 0. The summed E-state index contributed by atoms with van der Waals surface area (Å²) >= 11 is 0. The summed E-state index contributed by atoms with van der Waals surface area (Å²) in [7, 11) is 1.46. The Bertz CT molecular complexity index is 632. The van der Waals surface area contributed by atoms with Crippen molar-refractivity contribution in [3.05, 3.63) is 46.4 Å². The molecule has 0 unspecified atom stereocenters. The largest absolute Gasteiger partial charge is 0.497 e. The average Bonchev–Trinajstić information content (AvgIpc) is 2.37. The van der Waals surface area contributed by atoms with E-state index in [0.29, 0.717) is 11.8 Å². The molecule has 0 amide bonds. The van der Waals surface area contributed by atoms with Crippen molar-refractivity contribution in [1.29, 1.82) is 0 Å². The monoisotopic (exact) mass is 271 g/mol. The summed E-state index contributed by atoms with van der Waals surface area (Å²) in [5.41, 5.74) is -0.756. The molecule has 1 aromatic heterocycles. The molecule has 0 aliphatic heterocycles. The molecular weight excluding hydrogens is 263 g/mol. The zero-order valence-corrected chi connectivity index (χ0v) is 9.69. The standard InChI is InChI=1S/C12H8F3NO3/c1-18-8-4-2-7(3-5-8)11-16-10(17)6-9(19-11)12(13,14)15/h2-6H,1H3. The third kappa shape index (κ3) is 2.93. The SMILES string of the molecule is COc1ccc(-c2nc(=O)cc(C(F)(F)F)o2)cc1. The lowest BCUT2D eigenvalue weighted by Crippen LogP contribution is -2.13. The highest BCUT2D eigenvalue weighted by molar-refractivity contribution is 5.54. The number of hydrogen-bond acceptors (Lipinski definition) is 4. The normalized spacial score (nSPS) is 11.4. The highest BCUT2D eigenvalue weighted by Gasteiger charge is 2.35. The number of benzene rings is 1. The molecule has 0 aliphatic carbocycles. The van der Waals surface area contributed by atoms with Gasteiger partial charge in [-0.05, 0) is 24.3 Å². The van der Waals surface area contributed by atoms with Crippen LogP contribution in [-0.4, -0.2) is 12.1 Å². The minimum Gasteiger partial charge on any atom is -0.497 e. The van der Waals surface area contributed by atoms with Crippen molar-refractivity contribution in [2.45, 2.75) is 6.18 Å². The predicted octanol–water partition coefficient (Wildman–Crippen LogP) is 2.73. The van der Waals surface area contributed by atoms with Gasteiger partial charge >= 0.3 is 6.18 Å². The minimum absolute atomic E-state index is 0.254. The number of nitrogens with zero attached hydrogens (tertiary/aromatic N) is 1. The van der Waals surface area contributed by atoms with Gasteiger partial charge in [0.1, 0.15) is 5.75 Å². The van der Waals surface area contributed by atoms with Crippen molar-refractivity contribution in [1.82, 2.24) is 4.98 Å². The van der Waals surface area contributed by atoms with E-state index in [4.69, 9.17) is 4.74 Å². The molecule has 1 aromatic carbocycles. The second-order valence-electron chi connectivity index (χ2n) is 3.59. The summed E-state index contributed by atoms with van der Waals surface area (Å²) in [6.07, 6.45) is -4.73. The van der Waals surface area contributed by atoms with Gasteiger partial charge in [-0.25, -0.2) is 0 Å². The van der Waals surface area contributed by atoms with E-state index >= 15 is 0 Å². The molecule has 4 nitrogen and oxygen atoms in total. The van der Waals surface area contributed by atoms with Gasteiger partial charge in [0.05, 0.1) is 13.2 Å². The molecule has 2 aromatic rings. The topological polar surface area (TPSA) is 52.3 Å². The zero-order chi connectivity index (χ0) is 14.0. The predicted molar refractivity (Wildman–Crippen MR) is 59.8 cm³/mol. The Morgan fingerprint density at radius 1 is 1.21 bits per heavy atom. The van der Waals surface area contributed by atoms with Crippen LogP contribution in [0.15, 0.2) is 39.5 Å². The summed E-state index contributed by atoms with van der Waals surface area (Å²) in [6.45, 7) is 0. The van der Waals surface area contributed by atoms with Crippen LogP contribution in [0.1, 0.15) is 5.76 Å². The molecule has 0 bridgehead atoms. The van der Waals surface area contributed by atoms with Gasteiger partial charge in [-0.3, -0.25) is 4.79 Å². The number of hydrogen-bond donors (Lipinski definition) is 0. The summed E-state index contributed by atoms with van der Waals surface area (Å²) in [6, 6.07) is 6.26. The lowest BCUT2D eigenvalue weighted by molar-refractivity contribution is -0.153. The molecule has 0 atom stereocenters. The molecule has 0 aliphatic rings. The van der Waals surface area contributed by atoms with E-state index in [-0.39, 0.29) is 11.5 Å². The molecule has 0 fully saturated rings. The molecule has 0 N–H and O–H groups in total. The van der Waals surface area contributed by atoms with E-state index in [1.165, 1.54) is 31.4 Å². The van der Waals surface area contributed by atoms with E-state index in [1.807, 2.05) is 0 Å². The Morgan fingerprint density at radius 3 is 2.37 bits per heavy atom. The molecule has 0 saturated carbocycles. The maximum atomic E-state index is 12.5. The van der Waals surface area contributed by atoms with Gasteiger partial charge < -0.3 is 9.15 Å². The number of rotatable bonds is 2. The highest BCUT2D eigenvalue weighted by Crippen LogP contribution is 2.30.